The summed E-state index contributed by atoms with van der Waals surface area (Å²) in [6.07, 6.45) is 1.21. The molecule has 0 aliphatic carbocycles. The van der Waals surface area contributed by atoms with Crippen molar-refractivity contribution < 1.29 is 14.4 Å². The van der Waals surface area contributed by atoms with Crippen molar-refractivity contribution in [3.05, 3.63) is 59.7 Å². The first-order valence-electron chi connectivity index (χ1n) is 10.8. The van der Waals surface area contributed by atoms with Gasteiger partial charge in [0.25, 0.3) is 5.91 Å². The van der Waals surface area contributed by atoms with Crippen molar-refractivity contribution in [2.24, 2.45) is 0 Å². The van der Waals surface area contributed by atoms with Gasteiger partial charge in [0.05, 0.1) is 0 Å². The molecule has 32 heavy (non-hydrogen) atoms. The molecule has 7 heteroatoms. The summed E-state index contributed by atoms with van der Waals surface area (Å²) in [7, 11) is 0. The number of hydrogen-bond acceptors (Lipinski definition) is 5. The van der Waals surface area contributed by atoms with Gasteiger partial charge in [0.1, 0.15) is 0 Å². The molecule has 3 aromatic rings. The number of nitrogens with zero attached hydrogens (tertiary/aromatic N) is 3. The molecule has 1 aliphatic rings. The number of benzene rings is 2. The average Bonchev–Trinajstić information content (AvgIpc) is 3.22. The van der Waals surface area contributed by atoms with E-state index in [-0.39, 0.29) is 11.9 Å². The Balaban J connectivity index is 1.45. The Kier molecular flexibility index (Phi) is 5.65. The van der Waals surface area contributed by atoms with Gasteiger partial charge in [0.2, 0.25) is 11.8 Å². The molecule has 0 spiro atoms. The maximum atomic E-state index is 12.8. The van der Waals surface area contributed by atoms with Crippen LogP contribution in [0.15, 0.2) is 52.9 Å². The number of hydroxylamine groups is 2. The molecule has 0 unspecified atom stereocenters. The molecule has 1 aromatic heterocycles. The minimum atomic E-state index is -0.531. The van der Waals surface area contributed by atoms with Gasteiger partial charge in [-0.1, -0.05) is 17.7 Å². The number of rotatable bonds is 4. The second kappa shape index (κ2) is 8.15. The molecule has 2 aromatic carbocycles. The van der Waals surface area contributed by atoms with E-state index in [9.17, 15) is 10.0 Å². The van der Waals surface area contributed by atoms with Crippen LogP contribution in [0.2, 0.25) is 0 Å². The van der Waals surface area contributed by atoms with Crippen LogP contribution in [0.4, 0.5) is 0 Å². The van der Waals surface area contributed by atoms with E-state index in [1.54, 1.807) is 24.3 Å². The highest BCUT2D eigenvalue weighted by atomic mass is 16.5. The van der Waals surface area contributed by atoms with Crippen molar-refractivity contribution in [2.75, 3.05) is 0 Å². The van der Waals surface area contributed by atoms with E-state index in [1.807, 2.05) is 58.9 Å². The molecule has 167 valence electrons. The molecule has 2 heterocycles. The zero-order valence-corrected chi connectivity index (χ0v) is 19.2. The molecule has 1 N–H and O–H groups in total. The number of amides is 1. The highest BCUT2D eigenvalue weighted by Crippen LogP contribution is 2.37. The van der Waals surface area contributed by atoms with E-state index < -0.39 is 11.1 Å². The molecule has 1 saturated heterocycles. The fourth-order valence-corrected chi connectivity index (χ4v) is 4.55. The minimum absolute atomic E-state index is 0.0645. The van der Waals surface area contributed by atoms with E-state index in [0.29, 0.717) is 30.2 Å². The van der Waals surface area contributed by atoms with Crippen molar-refractivity contribution in [3.63, 3.8) is 0 Å². The third-order valence-corrected chi connectivity index (χ3v) is 6.04. The second-order valence-electron chi connectivity index (χ2n) is 9.85. The van der Waals surface area contributed by atoms with Gasteiger partial charge in [-0.15, -0.1) is 20.5 Å². The summed E-state index contributed by atoms with van der Waals surface area (Å²) in [6.45, 7) is 9.71. The standard InChI is InChI=1S/C25H29N4O3/c1-16-6-8-18(9-7-16)22-27-28-23(32-22)19-12-10-17(11-13-19)21(30)26-20-14-24(2,3)29(31)25(4,5)15-20/h6-13,20H,14-15H2,1-5H3,(H,26,30). The molecule has 0 atom stereocenters. The average molecular weight is 434 g/mol. The van der Waals surface area contributed by atoms with Gasteiger partial charge in [-0.25, -0.2) is 0 Å². The Bertz CT molecular complexity index is 1080. The predicted octanol–water partition coefficient (Wildman–Crippen LogP) is 4.81. The van der Waals surface area contributed by atoms with E-state index in [0.717, 1.165) is 21.8 Å². The lowest BCUT2D eigenvalue weighted by molar-refractivity contribution is -0.289. The number of carbonyl (C=O) groups excluding carboxylic acids is 1. The lowest BCUT2D eigenvalue weighted by atomic mass is 9.79. The summed E-state index contributed by atoms with van der Waals surface area (Å²) in [5.41, 5.74) is 2.25. The van der Waals surface area contributed by atoms with Gasteiger partial charge in [-0.05, 0) is 83.9 Å². The van der Waals surface area contributed by atoms with Crippen LogP contribution in [-0.4, -0.2) is 38.3 Å². The Hall–Kier alpha value is -3.03. The Labute approximate surface area is 188 Å². The first-order chi connectivity index (χ1) is 15.0. The van der Waals surface area contributed by atoms with E-state index in [2.05, 4.69) is 15.5 Å². The minimum Gasteiger partial charge on any atom is -0.416 e. The summed E-state index contributed by atoms with van der Waals surface area (Å²) in [4.78, 5) is 12.8. The van der Waals surface area contributed by atoms with Crippen molar-refractivity contribution in [3.8, 4) is 22.9 Å². The van der Waals surface area contributed by atoms with Crippen molar-refractivity contribution >= 4 is 5.91 Å². The van der Waals surface area contributed by atoms with E-state index in [1.165, 1.54) is 0 Å². The monoisotopic (exact) mass is 433 g/mol. The first-order valence-corrected chi connectivity index (χ1v) is 10.8. The largest absolute Gasteiger partial charge is 0.416 e. The molecule has 1 amide bonds. The van der Waals surface area contributed by atoms with Gasteiger partial charge in [0, 0.05) is 33.8 Å². The van der Waals surface area contributed by atoms with Crippen LogP contribution in [-0.2, 0) is 5.21 Å². The normalized spacial score (nSPS) is 18.4. The van der Waals surface area contributed by atoms with Gasteiger partial charge < -0.3 is 9.73 Å². The number of carbonyl (C=O) groups is 1. The van der Waals surface area contributed by atoms with Gasteiger partial charge in [-0.3, -0.25) is 4.79 Å². The van der Waals surface area contributed by atoms with Gasteiger partial charge >= 0.3 is 0 Å². The number of nitrogens with one attached hydrogen (secondary N) is 1. The van der Waals surface area contributed by atoms with Crippen LogP contribution in [0.5, 0.6) is 0 Å². The molecule has 0 bridgehead atoms. The summed E-state index contributed by atoms with van der Waals surface area (Å²) in [5, 5.41) is 25.1. The smallest absolute Gasteiger partial charge is 0.251 e. The highest BCUT2D eigenvalue weighted by molar-refractivity contribution is 5.94. The molecule has 7 nitrogen and oxygen atoms in total. The zero-order valence-electron chi connectivity index (χ0n) is 19.2. The highest BCUT2D eigenvalue weighted by Gasteiger charge is 2.46. The third kappa shape index (κ3) is 4.45. The Morgan fingerprint density at radius 2 is 1.38 bits per heavy atom. The number of piperidine rings is 1. The van der Waals surface area contributed by atoms with Crippen molar-refractivity contribution in [2.45, 2.75) is 64.6 Å². The molecular weight excluding hydrogens is 404 g/mol. The van der Waals surface area contributed by atoms with Crippen LogP contribution in [0.3, 0.4) is 0 Å². The molecule has 1 radical (unpaired) electrons. The Morgan fingerprint density at radius 1 is 0.906 bits per heavy atom. The molecule has 1 fully saturated rings. The van der Waals surface area contributed by atoms with Crippen molar-refractivity contribution in [1.82, 2.24) is 20.6 Å². The quantitative estimate of drug-likeness (QED) is 0.638. The molecule has 4 rings (SSSR count). The summed E-state index contributed by atoms with van der Waals surface area (Å²) >= 11 is 0. The number of aryl methyl sites for hydroxylation is 1. The van der Waals surface area contributed by atoms with Crippen molar-refractivity contribution in [1.29, 1.82) is 0 Å². The maximum Gasteiger partial charge on any atom is 0.251 e. The Morgan fingerprint density at radius 3 is 1.88 bits per heavy atom. The molecular formula is C25H29N4O3. The summed E-state index contributed by atoms with van der Waals surface area (Å²) < 4.78 is 5.82. The maximum absolute atomic E-state index is 12.8. The van der Waals surface area contributed by atoms with Crippen LogP contribution in [0.25, 0.3) is 22.9 Å². The van der Waals surface area contributed by atoms with Crippen LogP contribution >= 0.6 is 0 Å². The number of aromatic nitrogens is 2. The van der Waals surface area contributed by atoms with Gasteiger partial charge in [0.15, 0.2) is 0 Å². The zero-order chi connectivity index (χ0) is 23.1. The summed E-state index contributed by atoms with van der Waals surface area (Å²) in [6, 6.07) is 14.9. The molecule has 1 aliphatic heterocycles. The fraction of sp³-hybridized carbons (Fsp3) is 0.400. The van der Waals surface area contributed by atoms with Crippen LogP contribution in [0, 0.1) is 6.92 Å². The SMILES string of the molecule is Cc1ccc(-c2nnc(-c3ccc(C(=O)NC4CC(C)(C)N([O])C(C)(C)C4)cc3)o2)cc1. The van der Waals surface area contributed by atoms with E-state index >= 15 is 0 Å². The lowest BCUT2D eigenvalue weighted by Gasteiger charge is -2.50. The third-order valence-electron chi connectivity index (χ3n) is 6.04. The topological polar surface area (TPSA) is 91.2 Å². The first kappa shape index (κ1) is 22.2. The fourth-order valence-electron chi connectivity index (χ4n) is 4.55. The lowest BCUT2D eigenvalue weighted by Crippen LogP contribution is -2.62. The van der Waals surface area contributed by atoms with Gasteiger partial charge in [-0.2, -0.15) is 0 Å². The van der Waals surface area contributed by atoms with Crippen LogP contribution < -0.4 is 5.32 Å². The van der Waals surface area contributed by atoms with Crippen LogP contribution in [0.1, 0.15) is 56.5 Å². The summed E-state index contributed by atoms with van der Waals surface area (Å²) in [5.74, 6) is 0.703. The second-order valence-corrected chi connectivity index (χ2v) is 9.85. The molecule has 0 saturated carbocycles. The number of hydrogen-bond donors (Lipinski definition) is 1. The predicted molar refractivity (Wildman–Crippen MR) is 121 cm³/mol. The van der Waals surface area contributed by atoms with E-state index in [4.69, 9.17) is 4.42 Å².